The Morgan fingerprint density at radius 2 is 2.23 bits per heavy atom. The van der Waals surface area contributed by atoms with Crippen LogP contribution >= 0.6 is 0 Å². The lowest BCUT2D eigenvalue weighted by Gasteiger charge is -2.19. The minimum Gasteiger partial charge on any atom is -0.361 e. The number of carbonyl (C=O) groups excluding carboxylic acids is 2. The number of hydrogen-bond donors (Lipinski definition) is 3. The second-order valence-electron chi connectivity index (χ2n) is 5.87. The van der Waals surface area contributed by atoms with E-state index in [0.29, 0.717) is 19.4 Å². The Hall–Kier alpha value is -2.05. The predicted octanol–water partition coefficient (Wildman–Crippen LogP) is 1.19. The number of carbonyl (C=O) groups is 2. The van der Waals surface area contributed by atoms with E-state index in [-0.39, 0.29) is 18.0 Å². The van der Waals surface area contributed by atoms with Crippen molar-refractivity contribution in [3.8, 4) is 0 Å². The summed E-state index contributed by atoms with van der Waals surface area (Å²) in [5.41, 5.74) is 1.86. The standard InChI is InChI=1S/C15H24N4O3/c1-9(8-12-10(2)19-22-11(12)3)17-15(21)18-13-6-4-5-7-16-14(13)20/h9,13H,4-8H2,1-3H3,(H,16,20)(H2,17,18,21)/t9-,13+/m0/s1. The van der Waals surface area contributed by atoms with Gasteiger partial charge < -0.3 is 20.5 Å². The first-order chi connectivity index (χ1) is 10.5. The highest BCUT2D eigenvalue weighted by Crippen LogP contribution is 2.14. The van der Waals surface area contributed by atoms with Crippen molar-refractivity contribution < 1.29 is 14.1 Å². The third-order valence-corrected chi connectivity index (χ3v) is 3.91. The molecule has 1 aliphatic heterocycles. The number of aromatic nitrogens is 1. The highest BCUT2D eigenvalue weighted by atomic mass is 16.5. The lowest BCUT2D eigenvalue weighted by atomic mass is 10.1. The Balaban J connectivity index is 1.84. The number of hydrogen-bond acceptors (Lipinski definition) is 4. The van der Waals surface area contributed by atoms with Crippen LogP contribution in [-0.4, -0.2) is 35.7 Å². The first kappa shape index (κ1) is 16.3. The van der Waals surface area contributed by atoms with Gasteiger partial charge in [0.15, 0.2) is 0 Å². The molecule has 7 nitrogen and oxygen atoms in total. The van der Waals surface area contributed by atoms with E-state index in [9.17, 15) is 9.59 Å². The van der Waals surface area contributed by atoms with Gasteiger partial charge in [-0.2, -0.15) is 0 Å². The number of aryl methyl sites for hydroxylation is 2. The quantitative estimate of drug-likeness (QED) is 0.778. The number of nitrogens with one attached hydrogen (secondary N) is 3. The zero-order valence-electron chi connectivity index (χ0n) is 13.4. The number of rotatable bonds is 4. The van der Waals surface area contributed by atoms with Crippen molar-refractivity contribution in [1.82, 2.24) is 21.1 Å². The Bertz CT molecular complexity index is 521. The van der Waals surface area contributed by atoms with Crippen LogP contribution in [0.2, 0.25) is 0 Å². The average Bonchev–Trinajstić information content (AvgIpc) is 2.65. The first-order valence-electron chi connectivity index (χ1n) is 7.74. The molecule has 0 bridgehead atoms. The molecule has 3 amide bonds. The fourth-order valence-electron chi connectivity index (χ4n) is 2.65. The molecule has 0 saturated carbocycles. The summed E-state index contributed by atoms with van der Waals surface area (Å²) in [6.45, 7) is 6.34. The fourth-order valence-corrected chi connectivity index (χ4v) is 2.65. The molecule has 2 rings (SSSR count). The lowest BCUT2D eigenvalue weighted by Crippen LogP contribution is -2.51. The molecule has 2 atom stereocenters. The van der Waals surface area contributed by atoms with Gasteiger partial charge in [-0.05, 0) is 46.5 Å². The molecule has 1 aromatic rings. The van der Waals surface area contributed by atoms with Crippen LogP contribution in [0.25, 0.3) is 0 Å². The minimum absolute atomic E-state index is 0.0781. The highest BCUT2D eigenvalue weighted by Gasteiger charge is 2.23. The van der Waals surface area contributed by atoms with E-state index < -0.39 is 6.04 Å². The van der Waals surface area contributed by atoms with E-state index in [1.807, 2.05) is 20.8 Å². The van der Waals surface area contributed by atoms with Crippen LogP contribution in [0.4, 0.5) is 4.79 Å². The molecular weight excluding hydrogens is 284 g/mol. The molecule has 2 heterocycles. The molecule has 0 aromatic carbocycles. The van der Waals surface area contributed by atoms with Crippen molar-refractivity contribution in [2.75, 3.05) is 6.54 Å². The maximum Gasteiger partial charge on any atom is 0.315 e. The van der Waals surface area contributed by atoms with Gasteiger partial charge in [0.25, 0.3) is 0 Å². The van der Waals surface area contributed by atoms with Gasteiger partial charge in [-0.1, -0.05) is 5.16 Å². The molecule has 122 valence electrons. The summed E-state index contributed by atoms with van der Waals surface area (Å²) in [7, 11) is 0. The molecular formula is C15H24N4O3. The molecule has 1 saturated heterocycles. The third kappa shape index (κ3) is 4.22. The smallest absolute Gasteiger partial charge is 0.315 e. The van der Waals surface area contributed by atoms with Crippen LogP contribution in [0.1, 0.15) is 43.2 Å². The normalized spacial score (nSPS) is 20.0. The van der Waals surface area contributed by atoms with E-state index >= 15 is 0 Å². The molecule has 0 aliphatic carbocycles. The lowest BCUT2D eigenvalue weighted by molar-refractivity contribution is -0.122. The molecule has 22 heavy (non-hydrogen) atoms. The molecule has 0 spiro atoms. The molecule has 0 radical (unpaired) electrons. The maximum atomic E-state index is 12.0. The Morgan fingerprint density at radius 1 is 1.45 bits per heavy atom. The van der Waals surface area contributed by atoms with Crippen LogP contribution in [0.15, 0.2) is 4.52 Å². The van der Waals surface area contributed by atoms with Gasteiger partial charge in [-0.3, -0.25) is 4.79 Å². The molecule has 1 aromatic heterocycles. The molecule has 0 unspecified atom stereocenters. The monoisotopic (exact) mass is 308 g/mol. The fraction of sp³-hybridized carbons (Fsp3) is 0.667. The second-order valence-corrected chi connectivity index (χ2v) is 5.87. The van der Waals surface area contributed by atoms with E-state index in [4.69, 9.17) is 4.52 Å². The number of urea groups is 1. The number of nitrogens with zero attached hydrogens (tertiary/aromatic N) is 1. The molecule has 1 aliphatic rings. The van der Waals surface area contributed by atoms with Gasteiger partial charge in [0.1, 0.15) is 11.8 Å². The van der Waals surface area contributed by atoms with Gasteiger partial charge in [0.2, 0.25) is 5.91 Å². The number of amides is 3. The molecule has 7 heteroatoms. The summed E-state index contributed by atoms with van der Waals surface area (Å²) in [5, 5.41) is 12.3. The van der Waals surface area contributed by atoms with Gasteiger partial charge in [0.05, 0.1) is 5.69 Å². The second kappa shape index (κ2) is 7.29. The zero-order chi connectivity index (χ0) is 16.1. The predicted molar refractivity (Wildman–Crippen MR) is 81.5 cm³/mol. The topological polar surface area (TPSA) is 96.3 Å². The summed E-state index contributed by atoms with van der Waals surface area (Å²) < 4.78 is 5.12. The average molecular weight is 308 g/mol. The maximum absolute atomic E-state index is 12.0. The summed E-state index contributed by atoms with van der Waals surface area (Å²) in [4.78, 5) is 23.8. The van der Waals surface area contributed by atoms with Crippen molar-refractivity contribution in [2.24, 2.45) is 0 Å². The largest absolute Gasteiger partial charge is 0.361 e. The SMILES string of the molecule is Cc1noc(C)c1C[C@H](C)NC(=O)N[C@@H]1CCCCNC1=O. The van der Waals surface area contributed by atoms with Crippen molar-refractivity contribution in [1.29, 1.82) is 0 Å². The van der Waals surface area contributed by atoms with Crippen LogP contribution < -0.4 is 16.0 Å². The van der Waals surface area contributed by atoms with Crippen LogP contribution in [-0.2, 0) is 11.2 Å². The van der Waals surface area contributed by atoms with Crippen molar-refractivity contribution in [2.45, 2.75) is 58.5 Å². The van der Waals surface area contributed by atoms with E-state index in [1.165, 1.54) is 0 Å². The van der Waals surface area contributed by atoms with E-state index in [0.717, 1.165) is 29.9 Å². The van der Waals surface area contributed by atoms with Crippen LogP contribution in [0.3, 0.4) is 0 Å². The van der Waals surface area contributed by atoms with E-state index in [1.54, 1.807) is 0 Å². The summed E-state index contributed by atoms with van der Waals surface area (Å²) in [5.74, 6) is 0.667. The van der Waals surface area contributed by atoms with Gasteiger partial charge >= 0.3 is 6.03 Å². The van der Waals surface area contributed by atoms with Crippen LogP contribution in [0, 0.1) is 13.8 Å². The Morgan fingerprint density at radius 3 is 2.91 bits per heavy atom. The highest BCUT2D eigenvalue weighted by molar-refractivity contribution is 5.87. The third-order valence-electron chi connectivity index (χ3n) is 3.91. The van der Waals surface area contributed by atoms with Crippen molar-refractivity contribution in [3.05, 3.63) is 17.0 Å². The summed E-state index contributed by atoms with van der Waals surface area (Å²) in [6, 6.07) is -0.847. The summed E-state index contributed by atoms with van der Waals surface area (Å²) in [6.07, 6.45) is 3.20. The van der Waals surface area contributed by atoms with Gasteiger partial charge in [-0.15, -0.1) is 0 Å². The summed E-state index contributed by atoms with van der Waals surface area (Å²) >= 11 is 0. The van der Waals surface area contributed by atoms with Gasteiger partial charge in [0, 0.05) is 18.2 Å². The molecule has 3 N–H and O–H groups in total. The van der Waals surface area contributed by atoms with Gasteiger partial charge in [-0.25, -0.2) is 4.79 Å². The minimum atomic E-state index is -0.450. The van der Waals surface area contributed by atoms with Crippen molar-refractivity contribution >= 4 is 11.9 Å². The Kier molecular flexibility index (Phi) is 5.41. The van der Waals surface area contributed by atoms with E-state index in [2.05, 4.69) is 21.1 Å². The molecule has 1 fully saturated rings. The Labute approximate surface area is 130 Å². The first-order valence-corrected chi connectivity index (χ1v) is 7.74. The van der Waals surface area contributed by atoms with Crippen LogP contribution in [0.5, 0.6) is 0 Å². The van der Waals surface area contributed by atoms with Crippen molar-refractivity contribution in [3.63, 3.8) is 0 Å². The zero-order valence-corrected chi connectivity index (χ0v) is 13.4.